The van der Waals surface area contributed by atoms with Crippen LogP contribution in [-0.2, 0) is 20.6 Å². The molecule has 1 atom stereocenters. The average Bonchev–Trinajstić information content (AvgIpc) is 2.66. The summed E-state index contributed by atoms with van der Waals surface area (Å²) in [6.07, 6.45) is -11.6. The zero-order chi connectivity index (χ0) is 21.7. The summed E-state index contributed by atoms with van der Waals surface area (Å²) in [7, 11) is 0.893. The minimum Gasteiger partial charge on any atom is -0.606 e. The smallest absolute Gasteiger partial charge is 0.430 e. The van der Waals surface area contributed by atoms with Crippen molar-refractivity contribution in [2.75, 3.05) is 20.5 Å². The molecule has 0 heterocycles. The topological polar surface area (TPSA) is 50.8 Å². The summed E-state index contributed by atoms with van der Waals surface area (Å²) in [5.74, 6) is -0.280. The molecule has 0 N–H and O–H groups in total. The number of hydrogen-bond donors (Lipinski definition) is 0. The fourth-order valence-corrected chi connectivity index (χ4v) is 3.27. The summed E-state index contributed by atoms with van der Waals surface area (Å²) in [5.41, 5.74) is -4.57. The molecule has 0 radical (unpaired) electrons. The van der Waals surface area contributed by atoms with E-state index >= 15 is 0 Å². The Bertz CT molecular complexity index is 751. The van der Waals surface area contributed by atoms with Crippen molar-refractivity contribution in [1.82, 2.24) is 0 Å². The molecule has 0 spiro atoms. The van der Waals surface area contributed by atoms with Gasteiger partial charge in [0.25, 0.3) is 5.60 Å². The van der Waals surface area contributed by atoms with E-state index in [9.17, 15) is 30.9 Å². The van der Waals surface area contributed by atoms with E-state index in [4.69, 9.17) is 4.74 Å². The fourth-order valence-electron chi connectivity index (χ4n) is 2.21. The molecule has 11 heteroatoms. The maximum absolute atomic E-state index is 13.2. The van der Waals surface area contributed by atoms with Crippen LogP contribution in [0.2, 0.25) is 0 Å². The van der Waals surface area contributed by atoms with Gasteiger partial charge in [0.05, 0.1) is 0 Å². The van der Waals surface area contributed by atoms with Crippen molar-refractivity contribution >= 4 is 11.2 Å². The Morgan fingerprint density at radius 1 is 0.828 bits per heavy atom. The molecule has 160 valence electrons. The molecule has 0 aliphatic rings. The van der Waals surface area contributed by atoms with Gasteiger partial charge in [0.1, 0.15) is 19.1 Å². The molecule has 1 unspecified atom stereocenters. The lowest BCUT2D eigenvalue weighted by molar-refractivity contribution is -0.397. The SMILES string of the molecule is COCOC(COc1ccc([S+]([O-])c2ccccc2)cc1)(C(F)(F)F)C(F)(F)F. The number of alkyl halides is 6. The van der Waals surface area contributed by atoms with Crippen molar-refractivity contribution < 1.29 is 45.1 Å². The molecule has 29 heavy (non-hydrogen) atoms. The summed E-state index contributed by atoms with van der Waals surface area (Å²) >= 11 is -1.57. The van der Waals surface area contributed by atoms with Crippen molar-refractivity contribution in [3.05, 3.63) is 54.6 Å². The largest absolute Gasteiger partial charge is 0.606 e. The molecule has 0 fully saturated rings. The highest BCUT2D eigenvalue weighted by atomic mass is 32.2. The van der Waals surface area contributed by atoms with Gasteiger partial charge in [-0.05, 0) is 36.4 Å². The first-order valence-corrected chi connectivity index (χ1v) is 9.13. The van der Waals surface area contributed by atoms with E-state index in [0.717, 1.165) is 19.2 Å². The van der Waals surface area contributed by atoms with Gasteiger partial charge in [0, 0.05) is 18.3 Å². The lowest BCUT2D eigenvalue weighted by Gasteiger charge is -2.36. The molecule has 0 aliphatic heterocycles. The molecule has 4 nitrogen and oxygen atoms in total. The van der Waals surface area contributed by atoms with Gasteiger partial charge >= 0.3 is 12.4 Å². The van der Waals surface area contributed by atoms with Crippen molar-refractivity contribution in [3.8, 4) is 5.75 Å². The fraction of sp³-hybridized carbons (Fsp3) is 0.333. The predicted octanol–water partition coefficient (Wildman–Crippen LogP) is 4.72. The first-order valence-electron chi connectivity index (χ1n) is 7.98. The Balaban J connectivity index is 2.19. The summed E-state index contributed by atoms with van der Waals surface area (Å²) in [4.78, 5) is 0.791. The second-order valence-corrected chi connectivity index (χ2v) is 7.20. The number of methoxy groups -OCH3 is 1. The molecular weight excluding hydrogens is 426 g/mol. The van der Waals surface area contributed by atoms with Gasteiger partial charge < -0.3 is 18.8 Å². The second-order valence-electron chi connectivity index (χ2n) is 5.72. The van der Waals surface area contributed by atoms with Crippen LogP contribution in [0.3, 0.4) is 0 Å². The van der Waals surface area contributed by atoms with Gasteiger partial charge in [0.2, 0.25) is 0 Å². The summed E-state index contributed by atoms with van der Waals surface area (Å²) in [5, 5.41) is 0. The third kappa shape index (κ3) is 5.35. The molecule has 0 amide bonds. The first-order chi connectivity index (χ1) is 13.5. The van der Waals surface area contributed by atoms with Gasteiger partial charge in [-0.25, -0.2) is 0 Å². The average molecular weight is 442 g/mol. The lowest BCUT2D eigenvalue weighted by Crippen LogP contribution is -2.62. The molecule has 0 saturated heterocycles. The Hall–Kier alpha value is -1.95. The Kier molecular flexibility index (Phi) is 7.44. The molecule has 2 rings (SSSR count). The van der Waals surface area contributed by atoms with E-state index in [1.54, 1.807) is 30.3 Å². The van der Waals surface area contributed by atoms with Crippen LogP contribution in [0.25, 0.3) is 0 Å². The number of benzene rings is 2. The molecule has 0 aliphatic carbocycles. The highest BCUT2D eigenvalue weighted by molar-refractivity contribution is 7.91. The lowest BCUT2D eigenvalue weighted by atomic mass is 10.0. The first kappa shape index (κ1) is 23.3. The number of halogens is 6. The summed E-state index contributed by atoms with van der Waals surface area (Å²) in [6.45, 7) is -3.11. The van der Waals surface area contributed by atoms with Gasteiger partial charge in [-0.3, -0.25) is 0 Å². The van der Waals surface area contributed by atoms with Crippen LogP contribution in [0.4, 0.5) is 26.3 Å². The molecular formula is C18H16F6O4S. The van der Waals surface area contributed by atoms with Crippen LogP contribution >= 0.6 is 0 Å². The van der Waals surface area contributed by atoms with Crippen LogP contribution in [0.15, 0.2) is 64.4 Å². The highest BCUT2D eigenvalue weighted by Gasteiger charge is 2.73. The van der Waals surface area contributed by atoms with Crippen LogP contribution < -0.4 is 4.74 Å². The van der Waals surface area contributed by atoms with Crippen molar-refractivity contribution in [2.24, 2.45) is 0 Å². The third-order valence-electron chi connectivity index (χ3n) is 3.78. The number of hydrogen-bond acceptors (Lipinski definition) is 4. The monoisotopic (exact) mass is 442 g/mol. The normalized spacial score (nSPS) is 13.9. The van der Waals surface area contributed by atoms with Crippen LogP contribution in [0, 0.1) is 0 Å². The Labute approximate surface area is 165 Å². The van der Waals surface area contributed by atoms with E-state index in [1.807, 2.05) is 0 Å². The van der Waals surface area contributed by atoms with E-state index in [0.29, 0.717) is 9.79 Å². The number of rotatable bonds is 8. The van der Waals surface area contributed by atoms with E-state index < -0.39 is 42.5 Å². The van der Waals surface area contributed by atoms with Crippen molar-refractivity contribution in [1.29, 1.82) is 0 Å². The minimum atomic E-state index is -5.81. The standard InChI is InChI=1S/C18H16F6O4S/c1-26-12-28-16(17(19,20)21,18(22,23)24)11-27-13-7-9-15(10-8-13)29(25)14-5-3-2-4-6-14/h2-10H,11-12H2,1H3. The van der Waals surface area contributed by atoms with Crippen molar-refractivity contribution in [2.45, 2.75) is 27.7 Å². The third-order valence-corrected chi connectivity index (χ3v) is 5.18. The van der Waals surface area contributed by atoms with Crippen LogP contribution in [0.1, 0.15) is 0 Å². The van der Waals surface area contributed by atoms with Gasteiger partial charge in [-0.15, -0.1) is 0 Å². The zero-order valence-electron chi connectivity index (χ0n) is 14.9. The minimum absolute atomic E-state index is 0.280. The quantitative estimate of drug-likeness (QED) is 0.337. The predicted molar refractivity (Wildman–Crippen MR) is 90.9 cm³/mol. The summed E-state index contributed by atoms with van der Waals surface area (Å²) < 4.78 is 105. The number of ether oxygens (including phenoxy) is 3. The molecule has 0 bridgehead atoms. The summed E-state index contributed by atoms with van der Waals surface area (Å²) in [6, 6.07) is 13.2. The van der Waals surface area contributed by atoms with Gasteiger partial charge in [-0.2, -0.15) is 26.3 Å². The second kappa shape index (κ2) is 9.24. The van der Waals surface area contributed by atoms with E-state index in [1.165, 1.54) is 12.1 Å². The maximum Gasteiger partial charge on any atom is 0.430 e. The molecule has 0 aromatic heterocycles. The van der Waals surface area contributed by atoms with E-state index in [-0.39, 0.29) is 5.75 Å². The zero-order valence-corrected chi connectivity index (χ0v) is 15.7. The van der Waals surface area contributed by atoms with Gasteiger partial charge in [0.15, 0.2) is 9.79 Å². The van der Waals surface area contributed by atoms with Gasteiger partial charge in [-0.1, -0.05) is 18.2 Å². The maximum atomic E-state index is 13.2. The van der Waals surface area contributed by atoms with E-state index in [2.05, 4.69) is 9.47 Å². The van der Waals surface area contributed by atoms with Crippen LogP contribution in [-0.4, -0.2) is 43.0 Å². The Morgan fingerprint density at radius 2 is 1.34 bits per heavy atom. The molecule has 0 saturated carbocycles. The highest BCUT2D eigenvalue weighted by Crippen LogP contribution is 2.46. The Morgan fingerprint density at radius 3 is 1.83 bits per heavy atom. The van der Waals surface area contributed by atoms with Crippen LogP contribution in [0.5, 0.6) is 5.75 Å². The van der Waals surface area contributed by atoms with Crippen molar-refractivity contribution in [3.63, 3.8) is 0 Å². The molecule has 2 aromatic carbocycles. The molecule has 2 aromatic rings.